The van der Waals surface area contributed by atoms with Crippen molar-refractivity contribution in [2.45, 2.75) is 6.54 Å². The smallest absolute Gasteiger partial charge is 0.162 e. The largest absolute Gasteiger partial charge is 0.207 e. The van der Waals surface area contributed by atoms with Crippen molar-refractivity contribution in [3.63, 3.8) is 0 Å². The molecule has 1 aromatic carbocycles. The topological polar surface area (TPSA) is 43.6 Å². The fourth-order valence-electron chi connectivity index (χ4n) is 1.12. The van der Waals surface area contributed by atoms with Crippen LogP contribution in [0.4, 0.5) is 8.78 Å². The molecule has 0 atom stereocenters. The van der Waals surface area contributed by atoms with Gasteiger partial charge in [0, 0.05) is 12.5 Å². The number of hydrogen-bond donors (Lipinski definition) is 0. The lowest BCUT2D eigenvalue weighted by Crippen LogP contribution is -2.04. The standard InChI is InChI=1S/C9H7F2N4/c10-8-2-1-7(9(11)5-8)3-4-15-13-6-12-14-15/h1-3,5-6H,4H2. The summed E-state index contributed by atoms with van der Waals surface area (Å²) in [6.07, 6.45) is 2.84. The lowest BCUT2D eigenvalue weighted by Gasteiger charge is -2.01. The minimum absolute atomic E-state index is 0.294. The highest BCUT2D eigenvalue weighted by atomic mass is 19.1. The molecule has 0 aliphatic rings. The molecular formula is C9H7F2N4. The molecule has 2 aromatic rings. The van der Waals surface area contributed by atoms with Crippen molar-refractivity contribution in [1.29, 1.82) is 0 Å². The monoisotopic (exact) mass is 209 g/mol. The highest BCUT2D eigenvalue weighted by Gasteiger charge is 2.04. The van der Waals surface area contributed by atoms with Gasteiger partial charge in [-0.3, -0.25) is 0 Å². The van der Waals surface area contributed by atoms with Crippen molar-refractivity contribution < 1.29 is 8.78 Å². The summed E-state index contributed by atoms with van der Waals surface area (Å²) in [5, 5.41) is 10.9. The number of rotatable bonds is 3. The van der Waals surface area contributed by atoms with Crippen molar-refractivity contribution in [3.05, 3.63) is 48.1 Å². The fourth-order valence-corrected chi connectivity index (χ4v) is 1.12. The van der Waals surface area contributed by atoms with Crippen LogP contribution in [0.1, 0.15) is 5.56 Å². The molecule has 0 bridgehead atoms. The van der Waals surface area contributed by atoms with Crippen molar-refractivity contribution in [2.24, 2.45) is 0 Å². The van der Waals surface area contributed by atoms with Gasteiger partial charge in [0.1, 0.15) is 11.6 Å². The molecule has 0 amide bonds. The third-order valence-electron chi connectivity index (χ3n) is 1.83. The van der Waals surface area contributed by atoms with E-state index in [0.717, 1.165) is 6.07 Å². The van der Waals surface area contributed by atoms with Gasteiger partial charge in [-0.25, -0.2) is 8.78 Å². The van der Waals surface area contributed by atoms with Gasteiger partial charge in [0.15, 0.2) is 6.33 Å². The molecule has 2 rings (SSSR count). The summed E-state index contributed by atoms with van der Waals surface area (Å²) in [5.41, 5.74) is 0.314. The predicted molar refractivity (Wildman–Crippen MR) is 47.6 cm³/mol. The van der Waals surface area contributed by atoms with Crippen LogP contribution >= 0.6 is 0 Å². The van der Waals surface area contributed by atoms with Gasteiger partial charge in [0.2, 0.25) is 0 Å². The summed E-state index contributed by atoms with van der Waals surface area (Å²) in [6, 6.07) is 3.39. The number of tetrazole rings is 1. The molecule has 0 aliphatic carbocycles. The maximum atomic E-state index is 13.1. The molecule has 1 heterocycles. The maximum absolute atomic E-state index is 13.1. The summed E-state index contributed by atoms with van der Waals surface area (Å²) < 4.78 is 25.7. The van der Waals surface area contributed by atoms with E-state index in [0.29, 0.717) is 12.1 Å². The van der Waals surface area contributed by atoms with Gasteiger partial charge in [-0.2, -0.15) is 4.80 Å². The molecule has 0 aliphatic heterocycles. The van der Waals surface area contributed by atoms with Crippen molar-refractivity contribution >= 4 is 0 Å². The van der Waals surface area contributed by atoms with Crippen LogP contribution in [0.25, 0.3) is 0 Å². The van der Waals surface area contributed by atoms with E-state index in [4.69, 9.17) is 0 Å². The average Bonchev–Trinajstić information content (AvgIpc) is 2.69. The third kappa shape index (κ3) is 2.34. The number of nitrogens with zero attached hydrogens (tertiary/aromatic N) is 4. The molecule has 0 fully saturated rings. The Bertz CT molecular complexity index is 441. The zero-order chi connectivity index (χ0) is 10.7. The summed E-state index contributed by atoms with van der Waals surface area (Å²) in [4.78, 5) is 1.29. The van der Waals surface area contributed by atoms with Gasteiger partial charge in [0.25, 0.3) is 0 Å². The van der Waals surface area contributed by atoms with E-state index in [1.165, 1.54) is 23.3 Å². The average molecular weight is 209 g/mol. The van der Waals surface area contributed by atoms with Crippen LogP contribution in [-0.4, -0.2) is 20.2 Å². The Morgan fingerprint density at radius 2 is 2.20 bits per heavy atom. The van der Waals surface area contributed by atoms with Gasteiger partial charge in [-0.1, -0.05) is 6.07 Å². The number of hydrogen-bond acceptors (Lipinski definition) is 3. The van der Waals surface area contributed by atoms with E-state index in [-0.39, 0.29) is 0 Å². The lowest BCUT2D eigenvalue weighted by atomic mass is 10.1. The quantitative estimate of drug-likeness (QED) is 0.763. The van der Waals surface area contributed by atoms with Crippen LogP contribution in [-0.2, 0) is 6.54 Å². The van der Waals surface area contributed by atoms with Crippen molar-refractivity contribution in [3.8, 4) is 0 Å². The Morgan fingerprint density at radius 1 is 1.33 bits per heavy atom. The molecule has 1 radical (unpaired) electrons. The second kappa shape index (κ2) is 4.12. The third-order valence-corrected chi connectivity index (χ3v) is 1.83. The predicted octanol–water partition coefficient (Wildman–Crippen LogP) is 1.20. The van der Waals surface area contributed by atoms with Gasteiger partial charge >= 0.3 is 0 Å². The molecule has 0 unspecified atom stereocenters. The van der Waals surface area contributed by atoms with Crippen LogP contribution in [0.5, 0.6) is 0 Å². The summed E-state index contributed by atoms with van der Waals surface area (Å²) >= 11 is 0. The van der Waals surface area contributed by atoms with E-state index in [1.807, 2.05) is 0 Å². The fraction of sp³-hybridized carbons (Fsp3) is 0.111. The second-order valence-corrected chi connectivity index (χ2v) is 2.86. The van der Waals surface area contributed by atoms with E-state index in [9.17, 15) is 8.78 Å². The molecule has 0 saturated carbocycles. The number of halogens is 2. The van der Waals surface area contributed by atoms with Crippen LogP contribution in [0, 0.1) is 18.1 Å². The van der Waals surface area contributed by atoms with Crippen molar-refractivity contribution in [1.82, 2.24) is 20.2 Å². The summed E-state index contributed by atoms with van der Waals surface area (Å²) in [5.74, 6) is -1.20. The van der Waals surface area contributed by atoms with E-state index in [2.05, 4.69) is 15.4 Å². The number of aromatic nitrogens is 4. The summed E-state index contributed by atoms with van der Waals surface area (Å²) in [6.45, 7) is 0.294. The van der Waals surface area contributed by atoms with Gasteiger partial charge in [-0.05, 0) is 16.8 Å². The Morgan fingerprint density at radius 3 is 2.87 bits per heavy atom. The first-order valence-electron chi connectivity index (χ1n) is 4.25. The molecule has 0 saturated heterocycles. The summed E-state index contributed by atoms with van der Waals surface area (Å²) in [7, 11) is 0. The maximum Gasteiger partial charge on any atom is 0.162 e. The Kier molecular flexibility index (Phi) is 2.66. The Labute approximate surface area is 84.5 Å². The van der Waals surface area contributed by atoms with Crippen LogP contribution in [0.15, 0.2) is 24.5 Å². The Balaban J connectivity index is 2.05. The van der Waals surface area contributed by atoms with Gasteiger partial charge < -0.3 is 0 Å². The molecule has 6 heteroatoms. The molecule has 0 spiro atoms. The zero-order valence-corrected chi connectivity index (χ0v) is 7.64. The molecule has 4 nitrogen and oxygen atoms in total. The first-order valence-corrected chi connectivity index (χ1v) is 4.25. The highest BCUT2D eigenvalue weighted by molar-refractivity contribution is 5.25. The SMILES string of the molecule is Fc1ccc([CH]Cn2ncnn2)c(F)c1. The second-order valence-electron chi connectivity index (χ2n) is 2.86. The van der Waals surface area contributed by atoms with Gasteiger partial charge in [-0.15, -0.1) is 10.2 Å². The number of benzene rings is 1. The normalized spacial score (nSPS) is 10.5. The minimum atomic E-state index is -0.602. The van der Waals surface area contributed by atoms with Gasteiger partial charge in [0.05, 0.1) is 6.54 Å². The first kappa shape index (κ1) is 9.70. The van der Waals surface area contributed by atoms with Crippen molar-refractivity contribution in [2.75, 3.05) is 0 Å². The van der Waals surface area contributed by atoms with Crippen LogP contribution in [0.2, 0.25) is 0 Å². The molecule has 1 aromatic heterocycles. The zero-order valence-electron chi connectivity index (χ0n) is 7.64. The first-order chi connectivity index (χ1) is 7.25. The molecule has 77 valence electrons. The van der Waals surface area contributed by atoms with Crippen LogP contribution in [0.3, 0.4) is 0 Å². The lowest BCUT2D eigenvalue weighted by molar-refractivity contribution is 0.551. The molecule has 0 N–H and O–H groups in total. The van der Waals surface area contributed by atoms with E-state index in [1.54, 1.807) is 6.42 Å². The Hall–Kier alpha value is -1.85. The minimum Gasteiger partial charge on any atom is -0.207 e. The highest BCUT2D eigenvalue weighted by Crippen LogP contribution is 2.11. The van der Waals surface area contributed by atoms with E-state index < -0.39 is 11.6 Å². The molecular weight excluding hydrogens is 202 g/mol. The molecule has 15 heavy (non-hydrogen) atoms. The van der Waals surface area contributed by atoms with Crippen LogP contribution < -0.4 is 0 Å². The van der Waals surface area contributed by atoms with E-state index >= 15 is 0 Å².